The summed E-state index contributed by atoms with van der Waals surface area (Å²) in [4.78, 5) is 25.6. The van der Waals surface area contributed by atoms with Gasteiger partial charge in [0.25, 0.3) is 0 Å². The van der Waals surface area contributed by atoms with E-state index in [9.17, 15) is 9.59 Å². The first-order valence-electron chi connectivity index (χ1n) is 29.4. The van der Waals surface area contributed by atoms with Gasteiger partial charge in [-0.3, -0.25) is 9.59 Å². The Bertz CT molecular complexity index is 1380. The molecule has 70 heavy (non-hydrogen) atoms. The normalized spacial score (nSPS) is 13.0. The lowest BCUT2D eigenvalue weighted by Crippen LogP contribution is -2.30. The fourth-order valence-electron chi connectivity index (χ4n) is 7.96. The van der Waals surface area contributed by atoms with Gasteiger partial charge in [-0.25, -0.2) is 0 Å². The molecule has 0 spiro atoms. The molecule has 0 N–H and O–H groups in total. The van der Waals surface area contributed by atoms with Gasteiger partial charge in [0.05, 0.1) is 6.61 Å². The van der Waals surface area contributed by atoms with Crippen LogP contribution in [0.25, 0.3) is 0 Å². The van der Waals surface area contributed by atoms with Crippen molar-refractivity contribution in [3.8, 4) is 0 Å². The first-order chi connectivity index (χ1) is 34.6. The zero-order valence-corrected chi connectivity index (χ0v) is 46.0. The maximum atomic E-state index is 12.9. The quantitative estimate of drug-likeness (QED) is 0.0345. The Kier molecular flexibility index (Phi) is 56.9. The third-order valence-electron chi connectivity index (χ3n) is 12.3. The van der Waals surface area contributed by atoms with Crippen LogP contribution in [0.4, 0.5) is 0 Å². The number of allylic oxidation sites excluding steroid dienone is 18. The summed E-state index contributed by atoms with van der Waals surface area (Å²) < 4.78 is 17.5. The molecule has 0 bridgehead atoms. The Morgan fingerprint density at radius 3 is 1.04 bits per heavy atom. The summed E-state index contributed by atoms with van der Waals surface area (Å²) in [6, 6.07) is 0. The van der Waals surface area contributed by atoms with Crippen LogP contribution in [-0.4, -0.2) is 37.9 Å². The maximum Gasteiger partial charge on any atom is 0.306 e. The Morgan fingerprint density at radius 1 is 0.329 bits per heavy atom. The van der Waals surface area contributed by atoms with E-state index >= 15 is 0 Å². The number of hydrogen-bond acceptors (Lipinski definition) is 5. The second-order valence-corrected chi connectivity index (χ2v) is 19.1. The van der Waals surface area contributed by atoms with E-state index in [1.807, 2.05) is 0 Å². The minimum absolute atomic E-state index is 0.0626. The van der Waals surface area contributed by atoms with Crippen molar-refractivity contribution in [2.45, 2.75) is 271 Å². The highest BCUT2D eigenvalue weighted by Crippen LogP contribution is 2.14. The summed E-state index contributed by atoms with van der Waals surface area (Å²) in [6.45, 7) is 7.54. The number of carbonyl (C=O) groups is 2. The SMILES string of the molecule is CC/C=C\C/C=C\C/C=C\C/C=C\C/C=C\CCCCCCOCC(COC(=O)CCCCCCCCC/C=C\C/C=C\C/C=C\CC)OC(=O)CCCCCCCCC/C=C\CCCCCCCC. The molecule has 0 aliphatic heterocycles. The van der Waals surface area contributed by atoms with Gasteiger partial charge in [0.1, 0.15) is 6.61 Å². The Hall–Kier alpha value is -3.44. The van der Waals surface area contributed by atoms with E-state index in [-0.39, 0.29) is 25.2 Å². The lowest BCUT2D eigenvalue weighted by Gasteiger charge is -2.18. The van der Waals surface area contributed by atoms with Gasteiger partial charge in [-0.2, -0.15) is 0 Å². The molecule has 5 heteroatoms. The molecule has 0 rings (SSSR count). The van der Waals surface area contributed by atoms with Gasteiger partial charge in [0, 0.05) is 19.4 Å². The lowest BCUT2D eigenvalue weighted by molar-refractivity contribution is -0.163. The van der Waals surface area contributed by atoms with Crippen molar-refractivity contribution in [3.63, 3.8) is 0 Å². The smallest absolute Gasteiger partial charge is 0.306 e. The van der Waals surface area contributed by atoms with Gasteiger partial charge in [0.2, 0.25) is 0 Å². The van der Waals surface area contributed by atoms with Gasteiger partial charge < -0.3 is 14.2 Å². The molecule has 0 radical (unpaired) electrons. The number of ether oxygens (including phenoxy) is 3. The van der Waals surface area contributed by atoms with Crippen molar-refractivity contribution < 1.29 is 23.8 Å². The fourth-order valence-corrected chi connectivity index (χ4v) is 7.96. The average Bonchev–Trinajstić information content (AvgIpc) is 3.36. The number of esters is 2. The van der Waals surface area contributed by atoms with Crippen LogP contribution in [-0.2, 0) is 23.8 Å². The molecule has 1 unspecified atom stereocenters. The molecule has 0 heterocycles. The first kappa shape index (κ1) is 66.6. The average molecular weight is 972 g/mol. The monoisotopic (exact) mass is 971 g/mol. The largest absolute Gasteiger partial charge is 0.462 e. The molecule has 0 amide bonds. The minimum atomic E-state index is -0.564. The molecule has 0 aromatic rings. The highest BCUT2D eigenvalue weighted by molar-refractivity contribution is 5.70. The summed E-state index contributed by atoms with van der Waals surface area (Å²) in [6.07, 6.45) is 82.5. The van der Waals surface area contributed by atoms with E-state index in [1.165, 1.54) is 109 Å². The summed E-state index contributed by atoms with van der Waals surface area (Å²) in [5.74, 6) is -0.427. The molecule has 0 aliphatic carbocycles. The van der Waals surface area contributed by atoms with E-state index in [0.717, 1.165) is 122 Å². The highest BCUT2D eigenvalue weighted by atomic mass is 16.6. The molecule has 400 valence electrons. The van der Waals surface area contributed by atoms with Crippen molar-refractivity contribution >= 4 is 11.9 Å². The first-order valence-corrected chi connectivity index (χ1v) is 29.4. The van der Waals surface area contributed by atoms with Crippen molar-refractivity contribution in [1.29, 1.82) is 0 Å². The molecule has 0 saturated carbocycles. The summed E-state index contributed by atoms with van der Waals surface area (Å²) in [7, 11) is 0. The second-order valence-electron chi connectivity index (χ2n) is 19.1. The molecule has 0 aromatic heterocycles. The molecule has 0 aliphatic rings. The molecule has 0 aromatic carbocycles. The Morgan fingerprint density at radius 2 is 0.643 bits per heavy atom. The summed E-state index contributed by atoms with van der Waals surface area (Å²) >= 11 is 0. The predicted octanol–water partition coefficient (Wildman–Crippen LogP) is 20.3. The van der Waals surface area contributed by atoms with Gasteiger partial charge in [-0.1, -0.05) is 239 Å². The van der Waals surface area contributed by atoms with E-state index in [1.54, 1.807) is 0 Å². The molecule has 0 fully saturated rings. The summed E-state index contributed by atoms with van der Waals surface area (Å²) in [5, 5.41) is 0. The predicted molar refractivity (Wildman–Crippen MR) is 306 cm³/mol. The standard InChI is InChI=1S/C65H110O5/c1-4-7-10-13-16-19-22-25-28-31-32-33-36-39-42-45-48-51-54-57-60-68-61-63(70-65(67)59-56-53-50-47-44-41-38-35-30-27-24-21-18-15-12-9-6-3)62-69-64(66)58-55-52-49-46-43-40-37-34-29-26-23-20-17-14-11-8-5-2/h7-8,10-11,16-17,19-20,25-30,32-33,39,42,63H,4-6,9,12-15,18,21-24,31,34-38,40-41,43-62H2,1-3H3/b10-7-,11-8-,19-16-,20-17-,28-25-,29-26-,30-27-,33-32-,42-39-. The Labute approximate surface area is 434 Å². The van der Waals surface area contributed by atoms with Crippen LogP contribution >= 0.6 is 0 Å². The lowest BCUT2D eigenvalue weighted by atomic mass is 10.1. The van der Waals surface area contributed by atoms with Crippen LogP contribution in [0.5, 0.6) is 0 Å². The van der Waals surface area contributed by atoms with Gasteiger partial charge in [-0.15, -0.1) is 0 Å². The third kappa shape index (κ3) is 57.1. The number of unbranched alkanes of at least 4 members (excludes halogenated alkanes) is 24. The van der Waals surface area contributed by atoms with Crippen LogP contribution < -0.4 is 0 Å². The van der Waals surface area contributed by atoms with E-state index in [0.29, 0.717) is 19.4 Å². The number of hydrogen-bond donors (Lipinski definition) is 0. The molecule has 5 nitrogen and oxygen atoms in total. The molecule has 1 atom stereocenters. The van der Waals surface area contributed by atoms with Crippen LogP contribution in [0.3, 0.4) is 0 Å². The van der Waals surface area contributed by atoms with Crippen molar-refractivity contribution in [2.75, 3.05) is 19.8 Å². The van der Waals surface area contributed by atoms with E-state index in [2.05, 4.69) is 130 Å². The maximum absolute atomic E-state index is 12.9. The zero-order valence-electron chi connectivity index (χ0n) is 46.0. The van der Waals surface area contributed by atoms with Gasteiger partial charge in [-0.05, 0) is 122 Å². The van der Waals surface area contributed by atoms with Crippen molar-refractivity contribution in [2.24, 2.45) is 0 Å². The third-order valence-corrected chi connectivity index (χ3v) is 12.3. The molecule has 0 saturated heterocycles. The second kappa shape index (κ2) is 59.9. The van der Waals surface area contributed by atoms with Gasteiger partial charge in [0.15, 0.2) is 6.10 Å². The fraction of sp³-hybridized carbons (Fsp3) is 0.692. The van der Waals surface area contributed by atoms with Crippen LogP contribution in [0, 0.1) is 0 Å². The molecular weight excluding hydrogens is 861 g/mol. The van der Waals surface area contributed by atoms with Crippen LogP contribution in [0.1, 0.15) is 265 Å². The van der Waals surface area contributed by atoms with E-state index in [4.69, 9.17) is 14.2 Å². The zero-order chi connectivity index (χ0) is 50.6. The van der Waals surface area contributed by atoms with Crippen LogP contribution in [0.15, 0.2) is 109 Å². The van der Waals surface area contributed by atoms with Crippen molar-refractivity contribution in [1.82, 2.24) is 0 Å². The van der Waals surface area contributed by atoms with Crippen LogP contribution in [0.2, 0.25) is 0 Å². The highest BCUT2D eigenvalue weighted by Gasteiger charge is 2.17. The van der Waals surface area contributed by atoms with E-state index < -0.39 is 6.10 Å². The summed E-state index contributed by atoms with van der Waals surface area (Å²) in [5.41, 5.74) is 0. The Balaban J connectivity index is 4.37. The van der Waals surface area contributed by atoms with Crippen molar-refractivity contribution in [3.05, 3.63) is 109 Å². The van der Waals surface area contributed by atoms with Gasteiger partial charge >= 0.3 is 11.9 Å². The minimum Gasteiger partial charge on any atom is -0.462 e. The molecular formula is C65H110O5. The topological polar surface area (TPSA) is 61.8 Å². The number of carbonyl (C=O) groups excluding carboxylic acids is 2. The number of rotatable bonds is 53.